The number of fused-ring (bicyclic) bond motifs is 7. The van der Waals surface area contributed by atoms with Crippen molar-refractivity contribution in [3.8, 4) is 16.8 Å². The maximum Gasteiger partial charge on any atom is 0.159 e. The summed E-state index contributed by atoms with van der Waals surface area (Å²) in [5.41, 5.74) is 12.1. The Morgan fingerprint density at radius 2 is 1.28 bits per heavy atom. The second-order valence-electron chi connectivity index (χ2n) is 12.7. The third kappa shape index (κ3) is 4.00. The number of rotatable bonds is 4. The van der Waals surface area contributed by atoms with Gasteiger partial charge in [0.2, 0.25) is 0 Å². The van der Waals surface area contributed by atoms with Gasteiger partial charge in [-0.2, -0.15) is 0 Å². The van der Waals surface area contributed by atoms with E-state index < -0.39 is 0 Å². The molecular weight excluding hydrogens is 560 g/mol. The van der Waals surface area contributed by atoms with Gasteiger partial charge in [0.1, 0.15) is 12.0 Å². The first-order valence-corrected chi connectivity index (χ1v) is 15.9. The van der Waals surface area contributed by atoms with Crippen LogP contribution in [0.25, 0.3) is 38.6 Å². The molecule has 6 aromatic carbocycles. The fraction of sp³-hybridized carbons (Fsp3) is 0.0952. The second kappa shape index (κ2) is 10.1. The third-order valence-corrected chi connectivity index (χ3v) is 9.67. The Morgan fingerprint density at radius 3 is 2.07 bits per heavy atom. The van der Waals surface area contributed by atoms with Crippen molar-refractivity contribution in [3.05, 3.63) is 173 Å². The quantitative estimate of drug-likeness (QED) is 0.217. The number of aliphatic imine (C=N–C) groups is 2. The van der Waals surface area contributed by atoms with Crippen LogP contribution < -0.4 is 5.32 Å². The lowest BCUT2D eigenvalue weighted by Crippen LogP contribution is -2.33. The molecule has 220 valence electrons. The Hall–Kier alpha value is -5.74. The average Bonchev–Trinajstić information content (AvgIpc) is 3.58. The second-order valence-corrected chi connectivity index (χ2v) is 12.7. The molecular formula is C42H32N4. The van der Waals surface area contributed by atoms with Gasteiger partial charge in [-0.25, -0.2) is 9.98 Å². The monoisotopic (exact) mass is 592 g/mol. The molecule has 2 heterocycles. The van der Waals surface area contributed by atoms with Crippen LogP contribution in [-0.4, -0.2) is 16.2 Å². The van der Waals surface area contributed by atoms with Crippen LogP contribution in [0.5, 0.6) is 0 Å². The zero-order chi connectivity index (χ0) is 30.8. The van der Waals surface area contributed by atoms with Gasteiger partial charge >= 0.3 is 0 Å². The molecule has 0 radical (unpaired) electrons. The summed E-state index contributed by atoms with van der Waals surface area (Å²) in [5.74, 6) is 1.55. The van der Waals surface area contributed by atoms with E-state index in [0.29, 0.717) is 0 Å². The molecule has 46 heavy (non-hydrogen) atoms. The number of amidine groups is 2. The average molecular weight is 593 g/mol. The van der Waals surface area contributed by atoms with E-state index in [2.05, 4.69) is 133 Å². The van der Waals surface area contributed by atoms with Crippen molar-refractivity contribution in [1.82, 2.24) is 9.88 Å². The third-order valence-electron chi connectivity index (χ3n) is 9.67. The normalized spacial score (nSPS) is 16.4. The van der Waals surface area contributed by atoms with E-state index in [4.69, 9.17) is 9.98 Å². The number of benzene rings is 6. The van der Waals surface area contributed by atoms with Gasteiger partial charge in [-0.1, -0.05) is 135 Å². The molecule has 1 atom stereocenters. The highest BCUT2D eigenvalue weighted by atomic mass is 15.2. The highest BCUT2D eigenvalue weighted by molar-refractivity contribution is 6.18. The van der Waals surface area contributed by atoms with Gasteiger partial charge in [-0.15, -0.1) is 0 Å². The smallest absolute Gasteiger partial charge is 0.159 e. The number of aromatic nitrogens is 1. The van der Waals surface area contributed by atoms with E-state index in [0.717, 1.165) is 34.0 Å². The Bertz CT molecular complexity index is 2340. The Labute approximate surface area is 268 Å². The van der Waals surface area contributed by atoms with Gasteiger partial charge in [0.25, 0.3) is 0 Å². The van der Waals surface area contributed by atoms with Crippen molar-refractivity contribution >= 4 is 33.5 Å². The summed E-state index contributed by atoms with van der Waals surface area (Å²) in [6.07, 6.45) is -0.267. The van der Waals surface area contributed by atoms with E-state index in [1.165, 1.54) is 44.1 Å². The fourth-order valence-electron chi connectivity index (χ4n) is 7.42. The van der Waals surface area contributed by atoms with Gasteiger partial charge in [-0.3, -0.25) is 0 Å². The molecule has 4 nitrogen and oxygen atoms in total. The number of nitrogens with zero attached hydrogens (tertiary/aromatic N) is 3. The van der Waals surface area contributed by atoms with Crippen molar-refractivity contribution in [2.24, 2.45) is 9.98 Å². The minimum Gasteiger partial charge on any atom is -0.344 e. The van der Waals surface area contributed by atoms with Crippen molar-refractivity contribution in [2.45, 2.75) is 25.4 Å². The predicted octanol–water partition coefficient (Wildman–Crippen LogP) is 9.59. The topological polar surface area (TPSA) is 41.7 Å². The first-order chi connectivity index (χ1) is 22.6. The van der Waals surface area contributed by atoms with Gasteiger partial charge in [0.15, 0.2) is 5.84 Å². The molecule has 1 aliphatic heterocycles. The summed E-state index contributed by atoms with van der Waals surface area (Å²) in [4.78, 5) is 10.0. The van der Waals surface area contributed by atoms with Gasteiger partial charge in [-0.05, 0) is 52.1 Å². The molecule has 0 spiro atoms. The van der Waals surface area contributed by atoms with Crippen molar-refractivity contribution in [3.63, 3.8) is 0 Å². The lowest BCUT2D eigenvalue weighted by Gasteiger charge is -2.24. The minimum atomic E-state index is -0.267. The Kier molecular flexibility index (Phi) is 5.88. The minimum absolute atomic E-state index is 0.0427. The molecule has 2 aliphatic rings. The number of hydrogen-bond donors (Lipinski definition) is 1. The van der Waals surface area contributed by atoms with Crippen LogP contribution in [0.4, 0.5) is 0 Å². The molecule has 0 saturated carbocycles. The zero-order valence-electron chi connectivity index (χ0n) is 25.8. The number of para-hydroxylation sites is 1. The lowest BCUT2D eigenvalue weighted by molar-refractivity contribution is 0.661. The number of hydrogen-bond acceptors (Lipinski definition) is 3. The summed E-state index contributed by atoms with van der Waals surface area (Å²) in [5, 5.41) is 6.20. The summed E-state index contributed by atoms with van der Waals surface area (Å²) >= 11 is 0. The van der Waals surface area contributed by atoms with Crippen molar-refractivity contribution in [2.75, 3.05) is 0 Å². The van der Waals surface area contributed by atoms with Crippen LogP contribution in [0.2, 0.25) is 0 Å². The molecule has 0 fully saturated rings. The van der Waals surface area contributed by atoms with Gasteiger partial charge < -0.3 is 9.88 Å². The van der Waals surface area contributed by atoms with Crippen LogP contribution >= 0.6 is 0 Å². The zero-order valence-corrected chi connectivity index (χ0v) is 25.8. The highest BCUT2D eigenvalue weighted by Gasteiger charge is 2.37. The largest absolute Gasteiger partial charge is 0.344 e. The van der Waals surface area contributed by atoms with Crippen LogP contribution in [0, 0.1) is 0 Å². The first-order valence-electron chi connectivity index (χ1n) is 15.9. The first kappa shape index (κ1) is 26.6. The predicted molar refractivity (Wildman–Crippen MR) is 190 cm³/mol. The van der Waals surface area contributed by atoms with Crippen molar-refractivity contribution in [1.29, 1.82) is 0 Å². The van der Waals surface area contributed by atoms with Gasteiger partial charge in [0.05, 0.1) is 11.0 Å². The molecule has 0 saturated heterocycles. The van der Waals surface area contributed by atoms with Crippen LogP contribution in [-0.2, 0) is 5.41 Å². The van der Waals surface area contributed by atoms with Crippen LogP contribution in [0.3, 0.4) is 0 Å². The molecule has 9 rings (SSSR count). The standard InChI is InChI=1S/C42H32N4/c1-42(2)33-19-11-9-17-31(33)37-34(42)25-26-36-38(37)32-18-10-12-20-35(32)46(36)30-23-21-29(22-24-30)41-44-39(27-13-5-3-6-14-27)43-40(45-41)28-15-7-4-8-16-28/h3-26,41H,1-2H3,(H,43,44,45). The van der Waals surface area contributed by atoms with E-state index in [1.807, 2.05) is 36.4 Å². The molecule has 1 aromatic heterocycles. The maximum absolute atomic E-state index is 5.08. The molecule has 1 unspecified atom stereocenters. The molecule has 4 heteroatoms. The fourth-order valence-corrected chi connectivity index (χ4v) is 7.42. The van der Waals surface area contributed by atoms with E-state index in [9.17, 15) is 0 Å². The summed E-state index contributed by atoms with van der Waals surface area (Å²) < 4.78 is 2.41. The highest BCUT2D eigenvalue weighted by Crippen LogP contribution is 2.53. The maximum atomic E-state index is 5.08. The summed E-state index contributed by atoms with van der Waals surface area (Å²) in [6.45, 7) is 4.70. The van der Waals surface area contributed by atoms with E-state index >= 15 is 0 Å². The van der Waals surface area contributed by atoms with Crippen LogP contribution in [0.1, 0.15) is 47.8 Å². The molecule has 1 aliphatic carbocycles. The van der Waals surface area contributed by atoms with Crippen molar-refractivity contribution < 1.29 is 0 Å². The SMILES string of the molecule is CC1(C)c2ccccc2-c2c1ccc1c2c2ccccc2n1-c1ccc(C2N=C(c3ccccc3)N=C(c3ccccc3)N2)cc1. The molecule has 7 aromatic rings. The number of nitrogens with one attached hydrogen (secondary N) is 1. The Morgan fingerprint density at radius 1 is 0.609 bits per heavy atom. The summed E-state index contributed by atoms with van der Waals surface area (Å²) in [6, 6.07) is 51.7. The Balaban J connectivity index is 1.17. The van der Waals surface area contributed by atoms with Crippen LogP contribution in [0.15, 0.2) is 156 Å². The lowest BCUT2D eigenvalue weighted by atomic mass is 9.82. The van der Waals surface area contributed by atoms with E-state index in [-0.39, 0.29) is 11.6 Å². The molecule has 0 bridgehead atoms. The van der Waals surface area contributed by atoms with Gasteiger partial charge in [0, 0.05) is 33.0 Å². The summed E-state index contributed by atoms with van der Waals surface area (Å²) in [7, 11) is 0. The molecule has 0 amide bonds. The molecule has 1 N–H and O–H groups in total. The van der Waals surface area contributed by atoms with E-state index in [1.54, 1.807) is 0 Å².